The first-order chi connectivity index (χ1) is 10.2. The summed E-state index contributed by atoms with van der Waals surface area (Å²) in [5, 5.41) is 3.98. The molecule has 0 bridgehead atoms. The molecule has 2 aromatic rings. The summed E-state index contributed by atoms with van der Waals surface area (Å²) in [6.45, 7) is 6.49. The molecular weight excluding hydrogens is 287 g/mol. The van der Waals surface area contributed by atoms with Crippen molar-refractivity contribution >= 4 is 23.0 Å². The maximum atomic E-state index is 13.4. The number of halogens is 2. The third-order valence-corrected chi connectivity index (χ3v) is 3.70. The monoisotopic (exact) mass is 306 g/mol. The van der Waals surface area contributed by atoms with E-state index in [0.717, 1.165) is 41.6 Å². The van der Waals surface area contributed by atoms with Gasteiger partial charge in [0, 0.05) is 29.5 Å². The Morgan fingerprint density at radius 2 is 1.86 bits per heavy atom. The van der Waals surface area contributed by atoms with Crippen LogP contribution in [0.3, 0.4) is 0 Å². The van der Waals surface area contributed by atoms with Crippen molar-refractivity contribution in [1.29, 1.82) is 0 Å². The molecule has 0 fully saturated rings. The van der Waals surface area contributed by atoms with Crippen LogP contribution in [0, 0.1) is 5.82 Å². The number of hydrogen-bond acceptors (Lipinski definition) is 2. The molecule has 2 rings (SSSR count). The van der Waals surface area contributed by atoms with Crippen LogP contribution in [-0.2, 0) is 6.54 Å². The largest absolute Gasteiger partial charge is 0.342 e. The van der Waals surface area contributed by atoms with Gasteiger partial charge in [0.05, 0.1) is 0 Å². The molecule has 0 saturated carbocycles. The van der Waals surface area contributed by atoms with Crippen molar-refractivity contribution in [2.24, 2.45) is 0 Å². The van der Waals surface area contributed by atoms with Crippen LogP contribution in [0.15, 0.2) is 42.5 Å². The molecule has 0 unspecified atom stereocenters. The van der Waals surface area contributed by atoms with Crippen molar-refractivity contribution in [3.05, 3.63) is 58.9 Å². The highest BCUT2D eigenvalue weighted by molar-refractivity contribution is 6.31. The van der Waals surface area contributed by atoms with Crippen molar-refractivity contribution < 1.29 is 4.39 Å². The number of rotatable bonds is 6. The number of anilines is 2. The fourth-order valence-corrected chi connectivity index (χ4v) is 2.51. The molecule has 0 aliphatic rings. The van der Waals surface area contributed by atoms with E-state index in [2.05, 4.69) is 12.2 Å². The van der Waals surface area contributed by atoms with E-state index >= 15 is 0 Å². The average molecular weight is 307 g/mol. The molecule has 0 atom stereocenters. The highest BCUT2D eigenvalue weighted by Crippen LogP contribution is 2.29. The van der Waals surface area contributed by atoms with Gasteiger partial charge in [0.25, 0.3) is 0 Å². The van der Waals surface area contributed by atoms with E-state index in [1.807, 2.05) is 36.1 Å². The van der Waals surface area contributed by atoms with Crippen LogP contribution in [0.1, 0.15) is 19.4 Å². The third kappa shape index (κ3) is 3.96. The average Bonchev–Trinajstić information content (AvgIpc) is 2.47. The summed E-state index contributed by atoms with van der Waals surface area (Å²) in [5.41, 5.74) is 2.86. The molecular formula is C17H20ClFN2. The zero-order valence-corrected chi connectivity index (χ0v) is 13.1. The maximum Gasteiger partial charge on any atom is 0.125 e. The minimum absolute atomic E-state index is 0.235. The van der Waals surface area contributed by atoms with Crippen molar-refractivity contribution in [3.8, 4) is 0 Å². The Hall–Kier alpha value is -1.58. The topological polar surface area (TPSA) is 15.3 Å². The van der Waals surface area contributed by atoms with Gasteiger partial charge in [0.2, 0.25) is 0 Å². The second-order valence-corrected chi connectivity index (χ2v) is 5.19. The molecule has 0 heterocycles. The number of nitrogens with one attached hydrogen (secondary N) is 1. The van der Waals surface area contributed by atoms with Gasteiger partial charge in [-0.3, -0.25) is 0 Å². The van der Waals surface area contributed by atoms with Gasteiger partial charge in [-0.2, -0.15) is 0 Å². The van der Waals surface area contributed by atoms with Gasteiger partial charge >= 0.3 is 0 Å². The molecule has 0 aromatic heterocycles. The van der Waals surface area contributed by atoms with E-state index in [4.69, 9.17) is 11.6 Å². The lowest BCUT2D eigenvalue weighted by Crippen LogP contribution is -2.17. The summed E-state index contributed by atoms with van der Waals surface area (Å²) in [6.07, 6.45) is 0. The molecule has 2 nitrogen and oxygen atoms in total. The van der Waals surface area contributed by atoms with Crippen molar-refractivity contribution in [2.45, 2.75) is 20.4 Å². The summed E-state index contributed by atoms with van der Waals surface area (Å²) in [5.74, 6) is -0.235. The summed E-state index contributed by atoms with van der Waals surface area (Å²) < 4.78 is 13.4. The van der Waals surface area contributed by atoms with Crippen LogP contribution in [0.5, 0.6) is 0 Å². The van der Waals surface area contributed by atoms with Gasteiger partial charge in [-0.05, 0) is 49.4 Å². The molecule has 0 radical (unpaired) electrons. The first kappa shape index (κ1) is 15.8. The lowest BCUT2D eigenvalue weighted by molar-refractivity contribution is 0.627. The van der Waals surface area contributed by atoms with Gasteiger partial charge < -0.3 is 10.2 Å². The molecule has 2 aromatic carbocycles. The summed E-state index contributed by atoms with van der Waals surface area (Å²) in [4.78, 5) is 2.03. The minimum atomic E-state index is -0.235. The fraction of sp³-hybridized carbons (Fsp3) is 0.294. The normalized spacial score (nSPS) is 10.7. The van der Waals surface area contributed by atoms with Crippen LogP contribution in [0.4, 0.5) is 15.8 Å². The Labute approximate surface area is 130 Å². The summed E-state index contributed by atoms with van der Waals surface area (Å²) in [6, 6.07) is 12.6. The molecule has 4 heteroatoms. The first-order valence-corrected chi connectivity index (χ1v) is 7.55. The Balaban J connectivity index is 2.28. The molecule has 112 valence electrons. The van der Waals surface area contributed by atoms with Gasteiger partial charge in [-0.25, -0.2) is 4.39 Å². The van der Waals surface area contributed by atoms with Crippen LogP contribution < -0.4 is 10.2 Å². The molecule has 0 saturated heterocycles. The van der Waals surface area contributed by atoms with Crippen molar-refractivity contribution in [3.63, 3.8) is 0 Å². The van der Waals surface area contributed by atoms with Crippen molar-refractivity contribution in [1.82, 2.24) is 5.32 Å². The lowest BCUT2D eigenvalue weighted by atomic mass is 10.1. The van der Waals surface area contributed by atoms with E-state index in [1.165, 1.54) is 12.1 Å². The second-order valence-electron chi connectivity index (χ2n) is 4.78. The second kappa shape index (κ2) is 7.43. The van der Waals surface area contributed by atoms with E-state index in [0.29, 0.717) is 0 Å². The molecule has 0 amide bonds. The number of hydrogen-bond donors (Lipinski definition) is 1. The third-order valence-electron chi connectivity index (χ3n) is 3.35. The Kier molecular flexibility index (Phi) is 5.59. The van der Waals surface area contributed by atoms with E-state index in [-0.39, 0.29) is 5.82 Å². The van der Waals surface area contributed by atoms with Crippen LogP contribution in [0.25, 0.3) is 0 Å². The Morgan fingerprint density at radius 1 is 1.10 bits per heavy atom. The summed E-state index contributed by atoms with van der Waals surface area (Å²) in [7, 11) is 0. The quantitative estimate of drug-likeness (QED) is 0.828. The first-order valence-electron chi connectivity index (χ1n) is 7.18. The maximum absolute atomic E-state index is 13.4. The SMILES string of the molecule is CCNCc1ccc(N(CC)c2cccc(F)c2)cc1Cl. The van der Waals surface area contributed by atoms with Crippen LogP contribution in [0.2, 0.25) is 5.02 Å². The predicted octanol–water partition coefficient (Wildman–Crippen LogP) is 4.75. The zero-order chi connectivity index (χ0) is 15.2. The van der Waals surface area contributed by atoms with Gasteiger partial charge in [0.15, 0.2) is 0 Å². The number of nitrogens with zero attached hydrogens (tertiary/aromatic N) is 1. The van der Waals surface area contributed by atoms with E-state index < -0.39 is 0 Å². The fourth-order valence-electron chi connectivity index (χ4n) is 2.27. The molecule has 0 aliphatic heterocycles. The lowest BCUT2D eigenvalue weighted by Gasteiger charge is -2.24. The van der Waals surface area contributed by atoms with Crippen LogP contribution >= 0.6 is 11.6 Å². The van der Waals surface area contributed by atoms with E-state index in [9.17, 15) is 4.39 Å². The minimum Gasteiger partial charge on any atom is -0.342 e. The van der Waals surface area contributed by atoms with Gasteiger partial charge in [-0.15, -0.1) is 0 Å². The standard InChI is InChI=1S/C17H20ClFN2/c1-3-20-12-13-8-9-16(11-17(13)18)21(4-2)15-7-5-6-14(19)10-15/h5-11,20H,3-4,12H2,1-2H3. The Bertz CT molecular complexity index is 601. The van der Waals surface area contributed by atoms with Crippen LogP contribution in [-0.4, -0.2) is 13.1 Å². The molecule has 0 aliphatic carbocycles. The zero-order valence-electron chi connectivity index (χ0n) is 12.4. The highest BCUT2D eigenvalue weighted by Gasteiger charge is 2.10. The van der Waals surface area contributed by atoms with Gasteiger partial charge in [-0.1, -0.05) is 30.7 Å². The molecule has 21 heavy (non-hydrogen) atoms. The molecule has 0 spiro atoms. The number of benzene rings is 2. The molecule has 1 N–H and O–H groups in total. The predicted molar refractivity (Wildman–Crippen MR) is 87.9 cm³/mol. The smallest absolute Gasteiger partial charge is 0.125 e. The summed E-state index contributed by atoms with van der Waals surface area (Å²) >= 11 is 6.34. The van der Waals surface area contributed by atoms with Crippen molar-refractivity contribution in [2.75, 3.05) is 18.0 Å². The van der Waals surface area contributed by atoms with E-state index in [1.54, 1.807) is 6.07 Å². The van der Waals surface area contributed by atoms with Gasteiger partial charge in [0.1, 0.15) is 5.82 Å². The highest BCUT2D eigenvalue weighted by atomic mass is 35.5. The Morgan fingerprint density at radius 3 is 2.48 bits per heavy atom.